The van der Waals surface area contributed by atoms with E-state index in [1.165, 1.54) is 18.3 Å². The van der Waals surface area contributed by atoms with E-state index in [1.54, 1.807) is 16.6 Å². The number of carbonyl (C=O) groups is 1. The van der Waals surface area contributed by atoms with E-state index in [0.717, 1.165) is 5.56 Å². The summed E-state index contributed by atoms with van der Waals surface area (Å²) >= 11 is 0. The lowest BCUT2D eigenvalue weighted by Crippen LogP contribution is -2.10. The molecule has 3 rings (SSSR count). The Balaban J connectivity index is 2.23. The van der Waals surface area contributed by atoms with Crippen LogP contribution in [0, 0.1) is 5.82 Å². The van der Waals surface area contributed by atoms with Crippen molar-refractivity contribution >= 4 is 17.4 Å². The van der Waals surface area contributed by atoms with Gasteiger partial charge in [0.15, 0.2) is 11.5 Å². The molecule has 0 radical (unpaired) electrons. The highest BCUT2D eigenvalue weighted by Crippen LogP contribution is 2.29. The highest BCUT2D eigenvalue weighted by molar-refractivity contribution is 5.99. The van der Waals surface area contributed by atoms with Crippen molar-refractivity contribution in [1.29, 1.82) is 0 Å². The Morgan fingerprint density at radius 3 is 2.76 bits per heavy atom. The Hall–Kier alpha value is -2.83. The van der Waals surface area contributed by atoms with Crippen LogP contribution in [0.15, 0.2) is 30.5 Å². The van der Waals surface area contributed by atoms with Crippen LogP contribution < -0.4 is 11.1 Å². The first-order valence-corrected chi connectivity index (χ1v) is 6.51. The maximum Gasteiger partial charge on any atom is 0.254 e. The molecule has 0 spiro atoms. The zero-order valence-corrected chi connectivity index (χ0v) is 11.4. The first-order valence-electron chi connectivity index (χ1n) is 6.51. The van der Waals surface area contributed by atoms with Gasteiger partial charge in [0.1, 0.15) is 17.1 Å². The summed E-state index contributed by atoms with van der Waals surface area (Å²) in [5.41, 5.74) is 7.46. The molecule has 4 N–H and O–H groups in total. The lowest BCUT2D eigenvalue weighted by atomic mass is 10.1. The molecule has 1 aromatic carbocycles. The van der Waals surface area contributed by atoms with Crippen LogP contribution in [0.25, 0.3) is 16.9 Å². The minimum atomic E-state index is -0.556. The Bertz CT molecular complexity index is 803. The van der Waals surface area contributed by atoms with Gasteiger partial charge in [0.2, 0.25) is 0 Å². The van der Waals surface area contributed by atoms with Crippen molar-refractivity contribution in [3.63, 3.8) is 0 Å². The van der Waals surface area contributed by atoms with Crippen molar-refractivity contribution in [3.8, 4) is 11.3 Å². The van der Waals surface area contributed by atoms with Crippen LogP contribution >= 0.6 is 0 Å². The number of primary amides is 1. The van der Waals surface area contributed by atoms with Crippen molar-refractivity contribution in [1.82, 2.24) is 14.6 Å². The second-order valence-corrected chi connectivity index (χ2v) is 4.56. The Morgan fingerprint density at radius 2 is 2.14 bits per heavy atom. The topological polar surface area (TPSA) is 88.2 Å². The Labute approximate surface area is 119 Å². The van der Waals surface area contributed by atoms with Gasteiger partial charge in [-0.25, -0.2) is 13.9 Å². The van der Waals surface area contributed by atoms with Gasteiger partial charge in [-0.2, -0.15) is 0 Å². The predicted molar refractivity (Wildman–Crippen MR) is 77.6 cm³/mol. The highest BCUT2D eigenvalue weighted by Gasteiger charge is 2.19. The molecule has 0 saturated heterocycles. The molecule has 0 unspecified atom stereocenters. The van der Waals surface area contributed by atoms with E-state index >= 15 is 0 Å². The molecule has 0 saturated carbocycles. The fourth-order valence-electron chi connectivity index (χ4n) is 2.24. The van der Waals surface area contributed by atoms with E-state index in [2.05, 4.69) is 15.4 Å². The number of aromatic nitrogens is 3. The van der Waals surface area contributed by atoms with Gasteiger partial charge in [0.25, 0.3) is 5.91 Å². The van der Waals surface area contributed by atoms with Crippen molar-refractivity contribution in [2.45, 2.75) is 6.92 Å². The van der Waals surface area contributed by atoms with Crippen molar-refractivity contribution in [3.05, 3.63) is 41.8 Å². The molecule has 6 nitrogen and oxygen atoms in total. The number of nitrogens with one attached hydrogen (secondary N) is 2. The van der Waals surface area contributed by atoms with Crippen LogP contribution in [0.4, 0.5) is 10.2 Å². The largest absolute Gasteiger partial charge is 0.368 e. The fourth-order valence-corrected chi connectivity index (χ4v) is 2.24. The maximum atomic E-state index is 13.1. The van der Waals surface area contributed by atoms with Gasteiger partial charge in [-0.15, -0.1) is 0 Å². The van der Waals surface area contributed by atoms with E-state index in [0.29, 0.717) is 29.3 Å². The number of H-pyrrole nitrogens is 1. The Kier molecular flexibility index (Phi) is 3.09. The molecule has 0 atom stereocenters. The van der Waals surface area contributed by atoms with Crippen LogP contribution in [0.1, 0.15) is 17.3 Å². The van der Waals surface area contributed by atoms with E-state index in [1.807, 2.05) is 6.92 Å². The number of hydrogen-bond donors (Lipinski definition) is 3. The standard InChI is InChI=1S/C14H14FN5O/c1-2-17-14-11(8-3-5-9(15)6-4-8)19-13-10(12(16)21)7-18-20(13)14/h3-7,17-18H,2H2,1H3,(H2,16,21). The number of hydrogen-bond acceptors (Lipinski definition) is 3. The number of benzene rings is 1. The second kappa shape index (κ2) is 4.93. The smallest absolute Gasteiger partial charge is 0.254 e. The van der Waals surface area contributed by atoms with Crippen LogP contribution in [-0.2, 0) is 0 Å². The van der Waals surface area contributed by atoms with E-state index in [9.17, 15) is 9.18 Å². The zero-order chi connectivity index (χ0) is 15.0. The molecule has 1 amide bonds. The van der Waals surface area contributed by atoms with Gasteiger partial charge < -0.3 is 11.1 Å². The third kappa shape index (κ3) is 2.12. The third-order valence-electron chi connectivity index (χ3n) is 3.18. The van der Waals surface area contributed by atoms with Gasteiger partial charge in [0.05, 0.1) is 0 Å². The molecule has 0 aliphatic heterocycles. The zero-order valence-electron chi connectivity index (χ0n) is 11.4. The number of halogens is 1. The van der Waals surface area contributed by atoms with E-state index in [4.69, 9.17) is 5.73 Å². The maximum absolute atomic E-state index is 13.1. The average molecular weight is 287 g/mol. The van der Waals surface area contributed by atoms with Gasteiger partial charge >= 0.3 is 0 Å². The minimum absolute atomic E-state index is 0.308. The van der Waals surface area contributed by atoms with Crippen molar-refractivity contribution in [2.24, 2.45) is 5.73 Å². The Morgan fingerprint density at radius 1 is 1.43 bits per heavy atom. The fraction of sp³-hybridized carbons (Fsp3) is 0.143. The van der Waals surface area contributed by atoms with E-state index in [-0.39, 0.29) is 5.82 Å². The number of nitrogens with two attached hydrogens (primary N) is 1. The summed E-state index contributed by atoms with van der Waals surface area (Å²) < 4.78 is 14.7. The molecule has 0 aliphatic rings. The SMILES string of the molecule is CCNc1c(-c2ccc(F)cc2)nc2c(C(N)=O)c[nH]n12. The molecule has 3 aromatic rings. The minimum Gasteiger partial charge on any atom is -0.368 e. The number of amides is 1. The molecule has 2 aromatic heterocycles. The number of carbonyl (C=O) groups excluding carboxylic acids is 1. The molecule has 7 heteroatoms. The number of imidazole rings is 1. The van der Waals surface area contributed by atoms with Crippen molar-refractivity contribution < 1.29 is 9.18 Å². The lowest BCUT2D eigenvalue weighted by molar-refractivity contribution is 0.100. The van der Waals surface area contributed by atoms with Gasteiger partial charge in [0, 0.05) is 18.3 Å². The molecule has 0 aliphatic carbocycles. The quantitative estimate of drug-likeness (QED) is 0.685. The molecule has 2 heterocycles. The summed E-state index contributed by atoms with van der Waals surface area (Å²) in [5.74, 6) is -0.169. The summed E-state index contributed by atoms with van der Waals surface area (Å²) in [4.78, 5) is 15.9. The normalized spacial score (nSPS) is 11.0. The first-order chi connectivity index (χ1) is 10.1. The molecular formula is C14H14FN5O. The lowest BCUT2D eigenvalue weighted by Gasteiger charge is -2.05. The van der Waals surface area contributed by atoms with E-state index < -0.39 is 5.91 Å². The summed E-state index contributed by atoms with van der Waals surface area (Å²) in [7, 11) is 0. The summed E-state index contributed by atoms with van der Waals surface area (Å²) in [6, 6.07) is 6.02. The number of fused-ring (bicyclic) bond motifs is 1. The highest BCUT2D eigenvalue weighted by atomic mass is 19.1. The summed E-state index contributed by atoms with van der Waals surface area (Å²) in [6.45, 7) is 2.62. The third-order valence-corrected chi connectivity index (χ3v) is 3.18. The van der Waals surface area contributed by atoms with Gasteiger partial charge in [-0.05, 0) is 31.2 Å². The number of rotatable bonds is 4. The van der Waals surface area contributed by atoms with Crippen LogP contribution in [0.3, 0.4) is 0 Å². The summed E-state index contributed by atoms with van der Waals surface area (Å²) in [5, 5.41) is 6.13. The number of nitrogens with zero attached hydrogens (tertiary/aromatic N) is 2. The number of aromatic amines is 1. The van der Waals surface area contributed by atoms with Gasteiger partial charge in [-0.3, -0.25) is 9.89 Å². The molecular weight excluding hydrogens is 273 g/mol. The molecule has 108 valence electrons. The summed E-state index contributed by atoms with van der Waals surface area (Å²) in [6.07, 6.45) is 1.51. The second-order valence-electron chi connectivity index (χ2n) is 4.56. The molecule has 0 fully saturated rings. The predicted octanol–water partition coefficient (Wildman–Crippen LogP) is 2.00. The monoisotopic (exact) mass is 287 g/mol. The number of anilines is 1. The van der Waals surface area contributed by atoms with Crippen LogP contribution in [-0.4, -0.2) is 27.0 Å². The van der Waals surface area contributed by atoms with Crippen LogP contribution in [0.2, 0.25) is 0 Å². The van der Waals surface area contributed by atoms with Crippen LogP contribution in [0.5, 0.6) is 0 Å². The molecule has 0 bridgehead atoms. The van der Waals surface area contributed by atoms with Crippen molar-refractivity contribution in [2.75, 3.05) is 11.9 Å². The average Bonchev–Trinajstić information content (AvgIpc) is 3.00. The molecule has 21 heavy (non-hydrogen) atoms. The first kappa shape index (κ1) is 13.2. The van der Waals surface area contributed by atoms with Gasteiger partial charge in [-0.1, -0.05) is 0 Å².